The molecule has 4 heteroatoms. The number of hydrogen-bond acceptors (Lipinski definition) is 3. The lowest BCUT2D eigenvalue weighted by Gasteiger charge is -2.28. The lowest BCUT2D eigenvalue weighted by Crippen LogP contribution is -2.43. The van der Waals surface area contributed by atoms with Gasteiger partial charge in [0, 0.05) is 55.5 Å². The minimum atomic E-state index is 0.451. The molecule has 3 rings (SSSR count). The zero-order valence-corrected chi connectivity index (χ0v) is 12.4. The number of nitrogen functional groups attached to an aromatic ring is 1. The highest BCUT2D eigenvalue weighted by atomic mass is 15.2. The average molecular weight is 272 g/mol. The van der Waals surface area contributed by atoms with Gasteiger partial charge in [0.05, 0.1) is 5.52 Å². The van der Waals surface area contributed by atoms with E-state index in [9.17, 15) is 0 Å². The molecule has 20 heavy (non-hydrogen) atoms. The molecule has 1 aromatic heterocycles. The second-order valence-corrected chi connectivity index (χ2v) is 5.91. The van der Waals surface area contributed by atoms with Gasteiger partial charge in [0.25, 0.3) is 0 Å². The van der Waals surface area contributed by atoms with E-state index < -0.39 is 0 Å². The number of anilines is 1. The molecule has 0 unspecified atom stereocenters. The van der Waals surface area contributed by atoms with E-state index in [0.29, 0.717) is 6.04 Å². The Bertz CT molecular complexity index is 594. The molecule has 0 saturated carbocycles. The van der Waals surface area contributed by atoms with E-state index in [4.69, 9.17) is 5.73 Å². The Kier molecular flexibility index (Phi) is 3.68. The van der Waals surface area contributed by atoms with Gasteiger partial charge in [0.2, 0.25) is 0 Å². The van der Waals surface area contributed by atoms with E-state index in [1.165, 1.54) is 16.6 Å². The van der Waals surface area contributed by atoms with Gasteiger partial charge >= 0.3 is 0 Å². The third-order valence-corrected chi connectivity index (χ3v) is 4.11. The fraction of sp³-hybridized carbons (Fsp3) is 0.500. The van der Waals surface area contributed by atoms with Crippen LogP contribution in [0.25, 0.3) is 10.9 Å². The van der Waals surface area contributed by atoms with Gasteiger partial charge in [0.15, 0.2) is 0 Å². The molecular formula is C16H24N4. The molecule has 1 saturated heterocycles. The summed E-state index contributed by atoms with van der Waals surface area (Å²) in [5, 5.41) is 4.59. The third-order valence-electron chi connectivity index (χ3n) is 4.11. The fourth-order valence-electron chi connectivity index (χ4n) is 3.16. The van der Waals surface area contributed by atoms with Gasteiger partial charge in [0.1, 0.15) is 0 Å². The van der Waals surface area contributed by atoms with Crippen LogP contribution in [0.1, 0.15) is 25.6 Å². The zero-order valence-electron chi connectivity index (χ0n) is 12.4. The number of fused-ring (bicyclic) bond motifs is 1. The molecule has 4 nitrogen and oxygen atoms in total. The summed E-state index contributed by atoms with van der Waals surface area (Å²) in [4.78, 5) is 2.51. The Morgan fingerprint density at radius 3 is 2.70 bits per heavy atom. The molecule has 2 heterocycles. The lowest BCUT2D eigenvalue weighted by molar-refractivity contribution is 0.227. The number of nitrogens with zero attached hydrogens (tertiary/aromatic N) is 2. The molecule has 0 amide bonds. The highest BCUT2D eigenvalue weighted by Crippen LogP contribution is 2.29. The van der Waals surface area contributed by atoms with Crippen LogP contribution in [0.5, 0.6) is 0 Å². The maximum atomic E-state index is 6.13. The summed E-state index contributed by atoms with van der Waals surface area (Å²) in [7, 11) is 0. The zero-order chi connectivity index (χ0) is 14.1. The van der Waals surface area contributed by atoms with Crippen molar-refractivity contribution in [1.29, 1.82) is 0 Å². The first-order valence-corrected chi connectivity index (χ1v) is 7.48. The minimum absolute atomic E-state index is 0.451. The smallest absolute Gasteiger partial charge is 0.0506 e. The monoisotopic (exact) mass is 272 g/mol. The van der Waals surface area contributed by atoms with E-state index >= 15 is 0 Å². The van der Waals surface area contributed by atoms with Crippen molar-refractivity contribution in [3.63, 3.8) is 0 Å². The molecule has 2 aromatic rings. The van der Waals surface area contributed by atoms with Gasteiger partial charge in [-0.2, -0.15) is 0 Å². The maximum Gasteiger partial charge on any atom is 0.0506 e. The van der Waals surface area contributed by atoms with Crippen LogP contribution >= 0.6 is 0 Å². The molecule has 108 valence electrons. The highest BCUT2D eigenvalue weighted by Gasteiger charge is 2.16. The van der Waals surface area contributed by atoms with E-state index in [0.717, 1.165) is 38.4 Å². The molecule has 0 bridgehead atoms. The van der Waals surface area contributed by atoms with Crippen molar-refractivity contribution in [2.75, 3.05) is 31.9 Å². The predicted molar refractivity (Wildman–Crippen MR) is 84.9 cm³/mol. The Labute approximate surface area is 120 Å². The van der Waals surface area contributed by atoms with Crippen LogP contribution in [-0.2, 0) is 6.54 Å². The SMILES string of the molecule is CC(C)n1c(CN2CCNCC2)cc2c(N)cccc21. The van der Waals surface area contributed by atoms with Crippen LogP contribution in [-0.4, -0.2) is 35.6 Å². The third kappa shape index (κ3) is 2.41. The molecule has 0 radical (unpaired) electrons. The van der Waals surface area contributed by atoms with Crippen LogP contribution < -0.4 is 11.1 Å². The highest BCUT2D eigenvalue weighted by molar-refractivity contribution is 5.92. The molecule has 1 fully saturated rings. The number of nitrogens with two attached hydrogens (primary N) is 1. The summed E-state index contributed by atoms with van der Waals surface area (Å²) < 4.78 is 2.42. The van der Waals surface area contributed by atoms with Crippen molar-refractivity contribution in [2.24, 2.45) is 0 Å². The Balaban J connectivity index is 2.00. The van der Waals surface area contributed by atoms with Crippen molar-refractivity contribution < 1.29 is 0 Å². The van der Waals surface area contributed by atoms with E-state index in [-0.39, 0.29) is 0 Å². The van der Waals surface area contributed by atoms with Crippen molar-refractivity contribution in [3.05, 3.63) is 30.0 Å². The first-order chi connectivity index (χ1) is 9.66. The standard InChI is InChI=1S/C16H24N4/c1-12(2)20-13(11-19-8-6-18-7-9-19)10-14-15(17)4-3-5-16(14)20/h3-5,10,12,18H,6-9,11,17H2,1-2H3. The van der Waals surface area contributed by atoms with Crippen LogP contribution in [0.3, 0.4) is 0 Å². The Hall–Kier alpha value is -1.52. The van der Waals surface area contributed by atoms with Crippen LogP contribution in [0, 0.1) is 0 Å². The number of rotatable bonds is 3. The molecule has 1 aliphatic rings. The summed E-state index contributed by atoms with van der Waals surface area (Å²) in [6, 6.07) is 8.93. The summed E-state index contributed by atoms with van der Waals surface area (Å²) in [6.07, 6.45) is 0. The van der Waals surface area contributed by atoms with Gasteiger partial charge in [-0.25, -0.2) is 0 Å². The van der Waals surface area contributed by atoms with E-state index in [1.807, 2.05) is 12.1 Å². The van der Waals surface area contributed by atoms with Crippen LogP contribution in [0.2, 0.25) is 0 Å². The van der Waals surface area contributed by atoms with E-state index in [2.05, 4.69) is 40.8 Å². The molecule has 0 spiro atoms. The first-order valence-electron chi connectivity index (χ1n) is 7.48. The van der Waals surface area contributed by atoms with Crippen molar-refractivity contribution in [1.82, 2.24) is 14.8 Å². The van der Waals surface area contributed by atoms with Gasteiger partial charge in [-0.15, -0.1) is 0 Å². The summed E-state index contributed by atoms with van der Waals surface area (Å²) in [5.74, 6) is 0. The second-order valence-electron chi connectivity index (χ2n) is 5.91. The van der Waals surface area contributed by atoms with Gasteiger partial charge in [-0.1, -0.05) is 6.07 Å². The van der Waals surface area contributed by atoms with Gasteiger partial charge < -0.3 is 15.6 Å². The lowest BCUT2D eigenvalue weighted by atomic mass is 10.2. The first kappa shape index (κ1) is 13.5. The topological polar surface area (TPSA) is 46.2 Å². The molecule has 3 N–H and O–H groups in total. The number of aromatic nitrogens is 1. The van der Waals surface area contributed by atoms with Crippen molar-refractivity contribution in [3.8, 4) is 0 Å². The normalized spacial score (nSPS) is 17.1. The maximum absolute atomic E-state index is 6.13. The fourth-order valence-corrected chi connectivity index (χ4v) is 3.16. The van der Waals surface area contributed by atoms with Gasteiger partial charge in [-0.05, 0) is 32.0 Å². The number of nitrogens with one attached hydrogen (secondary N) is 1. The molecule has 1 aliphatic heterocycles. The molecule has 0 atom stereocenters. The number of hydrogen-bond donors (Lipinski definition) is 2. The van der Waals surface area contributed by atoms with Crippen LogP contribution in [0.4, 0.5) is 5.69 Å². The Morgan fingerprint density at radius 1 is 1.25 bits per heavy atom. The quantitative estimate of drug-likeness (QED) is 0.842. The average Bonchev–Trinajstić information content (AvgIpc) is 2.79. The number of benzene rings is 1. The summed E-state index contributed by atoms with van der Waals surface area (Å²) in [5.41, 5.74) is 9.64. The summed E-state index contributed by atoms with van der Waals surface area (Å²) in [6.45, 7) is 9.90. The second kappa shape index (κ2) is 5.46. The molecule has 0 aliphatic carbocycles. The number of piperazine rings is 1. The predicted octanol–water partition coefficient (Wildman–Crippen LogP) is 2.21. The van der Waals surface area contributed by atoms with Crippen molar-refractivity contribution >= 4 is 16.6 Å². The summed E-state index contributed by atoms with van der Waals surface area (Å²) >= 11 is 0. The largest absolute Gasteiger partial charge is 0.398 e. The molecular weight excluding hydrogens is 248 g/mol. The minimum Gasteiger partial charge on any atom is -0.398 e. The molecule has 1 aromatic carbocycles. The van der Waals surface area contributed by atoms with Crippen LogP contribution in [0.15, 0.2) is 24.3 Å². The van der Waals surface area contributed by atoms with Crippen molar-refractivity contribution in [2.45, 2.75) is 26.4 Å². The van der Waals surface area contributed by atoms with E-state index in [1.54, 1.807) is 0 Å². The Morgan fingerprint density at radius 2 is 2.00 bits per heavy atom. The van der Waals surface area contributed by atoms with Gasteiger partial charge in [-0.3, -0.25) is 4.90 Å².